The maximum absolute atomic E-state index is 13.3. The minimum absolute atomic E-state index is 0.0448. The molecular formula is C23H25N3O. The number of anilines is 1. The fraction of sp³-hybridized carbons (Fsp3) is 0.261. The van der Waals surface area contributed by atoms with Crippen molar-refractivity contribution in [3.05, 3.63) is 89.2 Å². The quantitative estimate of drug-likeness (QED) is 0.702. The van der Waals surface area contributed by atoms with Crippen molar-refractivity contribution in [1.82, 2.24) is 9.47 Å². The van der Waals surface area contributed by atoms with Crippen LogP contribution in [0.3, 0.4) is 0 Å². The molecular weight excluding hydrogens is 334 g/mol. The summed E-state index contributed by atoms with van der Waals surface area (Å²) in [5.74, 6) is 0. The molecule has 0 spiro atoms. The van der Waals surface area contributed by atoms with E-state index in [-0.39, 0.29) is 12.1 Å². The zero-order chi connectivity index (χ0) is 18.8. The van der Waals surface area contributed by atoms with Crippen LogP contribution in [0.1, 0.15) is 35.3 Å². The first-order valence-corrected chi connectivity index (χ1v) is 9.55. The van der Waals surface area contributed by atoms with Crippen LogP contribution in [0.15, 0.2) is 66.9 Å². The molecule has 2 amide bonds. The third kappa shape index (κ3) is 3.23. The minimum atomic E-state index is -0.0799. The number of rotatable bonds is 3. The summed E-state index contributed by atoms with van der Waals surface area (Å²) in [6.07, 6.45) is 2.99. The molecule has 1 atom stereocenters. The highest BCUT2D eigenvalue weighted by Crippen LogP contribution is 2.34. The number of amides is 2. The molecule has 0 saturated heterocycles. The molecule has 1 aromatic heterocycles. The van der Waals surface area contributed by atoms with Gasteiger partial charge < -0.3 is 14.8 Å². The minimum Gasteiger partial charge on any atom is -0.348 e. The van der Waals surface area contributed by atoms with Gasteiger partial charge in [0.15, 0.2) is 0 Å². The Hall–Kier alpha value is -3.01. The van der Waals surface area contributed by atoms with Gasteiger partial charge in [0.1, 0.15) is 0 Å². The maximum atomic E-state index is 13.3. The lowest BCUT2D eigenvalue weighted by Gasteiger charge is -2.38. The molecule has 0 saturated carbocycles. The van der Waals surface area contributed by atoms with Crippen LogP contribution in [-0.4, -0.2) is 22.0 Å². The summed E-state index contributed by atoms with van der Waals surface area (Å²) in [6, 6.07) is 20.4. The van der Waals surface area contributed by atoms with Crippen molar-refractivity contribution in [3.8, 4) is 0 Å². The van der Waals surface area contributed by atoms with E-state index in [0.29, 0.717) is 6.54 Å². The highest BCUT2D eigenvalue weighted by Gasteiger charge is 2.33. The number of hydrogen-bond donors (Lipinski definition) is 1. The SMILES string of the molecule is CCc1ccccc1NC(=O)N1CCn2cccc2C1c1ccccc1C. The number of urea groups is 1. The van der Waals surface area contributed by atoms with E-state index in [0.717, 1.165) is 29.9 Å². The summed E-state index contributed by atoms with van der Waals surface area (Å²) in [4.78, 5) is 15.2. The third-order valence-corrected chi connectivity index (χ3v) is 5.42. The molecule has 0 radical (unpaired) electrons. The van der Waals surface area contributed by atoms with Gasteiger partial charge in [0.25, 0.3) is 0 Å². The average molecular weight is 359 g/mol. The van der Waals surface area contributed by atoms with Gasteiger partial charge in [-0.15, -0.1) is 0 Å². The fourth-order valence-electron chi connectivity index (χ4n) is 3.96. The smallest absolute Gasteiger partial charge is 0.322 e. The third-order valence-electron chi connectivity index (χ3n) is 5.42. The Kier molecular flexibility index (Phi) is 4.71. The zero-order valence-corrected chi connectivity index (χ0v) is 15.9. The van der Waals surface area contributed by atoms with Crippen molar-refractivity contribution in [3.63, 3.8) is 0 Å². The molecule has 0 fully saturated rings. The van der Waals surface area contributed by atoms with E-state index in [1.165, 1.54) is 11.1 Å². The number of nitrogens with zero attached hydrogens (tertiary/aromatic N) is 2. The van der Waals surface area contributed by atoms with Crippen LogP contribution in [0.25, 0.3) is 0 Å². The maximum Gasteiger partial charge on any atom is 0.322 e. The van der Waals surface area contributed by atoms with Gasteiger partial charge in [0.2, 0.25) is 0 Å². The molecule has 1 aliphatic heterocycles. The number of para-hydroxylation sites is 1. The zero-order valence-electron chi connectivity index (χ0n) is 15.9. The number of nitrogens with one attached hydrogen (secondary N) is 1. The van der Waals surface area contributed by atoms with Crippen molar-refractivity contribution in [2.24, 2.45) is 0 Å². The molecule has 2 aromatic carbocycles. The fourth-order valence-corrected chi connectivity index (χ4v) is 3.96. The van der Waals surface area contributed by atoms with Crippen LogP contribution >= 0.6 is 0 Å². The molecule has 3 aromatic rings. The predicted molar refractivity (Wildman–Crippen MR) is 109 cm³/mol. The van der Waals surface area contributed by atoms with Crippen LogP contribution in [0.2, 0.25) is 0 Å². The normalized spacial score (nSPS) is 16.1. The second-order valence-electron chi connectivity index (χ2n) is 7.02. The van der Waals surface area contributed by atoms with Gasteiger partial charge in [-0.3, -0.25) is 0 Å². The van der Waals surface area contributed by atoms with Crippen LogP contribution in [-0.2, 0) is 13.0 Å². The van der Waals surface area contributed by atoms with Gasteiger partial charge in [0.05, 0.1) is 6.04 Å². The van der Waals surface area contributed by atoms with Gasteiger partial charge in [0, 0.05) is 30.7 Å². The number of carbonyl (C=O) groups excluding carboxylic acids is 1. The van der Waals surface area contributed by atoms with Gasteiger partial charge >= 0.3 is 6.03 Å². The van der Waals surface area contributed by atoms with Crippen molar-refractivity contribution in [2.75, 3.05) is 11.9 Å². The number of aromatic nitrogens is 1. The highest BCUT2D eigenvalue weighted by atomic mass is 16.2. The highest BCUT2D eigenvalue weighted by molar-refractivity contribution is 5.90. The first-order valence-electron chi connectivity index (χ1n) is 9.55. The number of hydrogen-bond acceptors (Lipinski definition) is 1. The number of fused-ring (bicyclic) bond motifs is 1. The van der Waals surface area contributed by atoms with Crippen LogP contribution in [0.5, 0.6) is 0 Å². The van der Waals surface area contributed by atoms with E-state index in [4.69, 9.17) is 0 Å². The Morgan fingerprint density at radius 2 is 1.81 bits per heavy atom. The molecule has 0 aliphatic carbocycles. The van der Waals surface area contributed by atoms with Gasteiger partial charge in [-0.2, -0.15) is 0 Å². The lowest BCUT2D eigenvalue weighted by atomic mass is 9.96. The number of benzene rings is 2. The second-order valence-corrected chi connectivity index (χ2v) is 7.02. The Bertz CT molecular complexity index is 960. The molecule has 4 heteroatoms. The van der Waals surface area contributed by atoms with Gasteiger partial charge in [-0.25, -0.2) is 4.79 Å². The first kappa shape index (κ1) is 17.4. The molecule has 27 heavy (non-hydrogen) atoms. The lowest BCUT2D eigenvalue weighted by molar-refractivity contribution is 0.181. The monoisotopic (exact) mass is 359 g/mol. The van der Waals surface area contributed by atoms with E-state index in [1.807, 2.05) is 35.2 Å². The molecule has 0 bridgehead atoms. The summed E-state index contributed by atoms with van der Waals surface area (Å²) in [5.41, 5.74) is 5.59. The molecule has 2 heterocycles. The summed E-state index contributed by atoms with van der Waals surface area (Å²) in [5, 5.41) is 3.15. The van der Waals surface area contributed by atoms with Crippen molar-refractivity contribution in [2.45, 2.75) is 32.9 Å². The van der Waals surface area contributed by atoms with E-state index in [1.54, 1.807) is 0 Å². The average Bonchev–Trinajstić information content (AvgIpc) is 3.17. The van der Waals surface area contributed by atoms with Crippen molar-refractivity contribution < 1.29 is 4.79 Å². The lowest BCUT2D eigenvalue weighted by Crippen LogP contribution is -2.44. The van der Waals surface area contributed by atoms with Crippen LogP contribution < -0.4 is 5.32 Å². The topological polar surface area (TPSA) is 37.3 Å². The van der Waals surface area contributed by atoms with Crippen molar-refractivity contribution in [1.29, 1.82) is 0 Å². The molecule has 4 nitrogen and oxygen atoms in total. The first-order chi connectivity index (χ1) is 13.2. The largest absolute Gasteiger partial charge is 0.348 e. The standard InChI is InChI=1S/C23H25N3O/c1-3-18-10-5-7-12-20(18)24-23(27)26-16-15-25-14-8-13-21(25)22(26)19-11-6-4-9-17(19)2/h4-14,22H,3,15-16H2,1-2H3,(H,24,27). The molecule has 138 valence electrons. The second kappa shape index (κ2) is 7.31. The number of carbonyl (C=O) groups is 1. The van der Waals surface area contributed by atoms with E-state index >= 15 is 0 Å². The summed E-state index contributed by atoms with van der Waals surface area (Å²) in [7, 11) is 0. The Morgan fingerprint density at radius 1 is 1.04 bits per heavy atom. The predicted octanol–water partition coefficient (Wildman–Crippen LogP) is 5.00. The summed E-state index contributed by atoms with van der Waals surface area (Å²) >= 11 is 0. The number of aryl methyl sites for hydroxylation is 2. The summed E-state index contributed by atoms with van der Waals surface area (Å²) in [6.45, 7) is 5.71. The Balaban J connectivity index is 1.70. The van der Waals surface area contributed by atoms with Crippen LogP contribution in [0, 0.1) is 6.92 Å². The van der Waals surface area contributed by atoms with E-state index in [9.17, 15) is 4.79 Å². The van der Waals surface area contributed by atoms with E-state index < -0.39 is 0 Å². The molecule has 1 unspecified atom stereocenters. The summed E-state index contributed by atoms with van der Waals surface area (Å²) < 4.78 is 2.25. The Morgan fingerprint density at radius 3 is 2.63 bits per heavy atom. The Labute approximate surface area is 160 Å². The van der Waals surface area contributed by atoms with E-state index in [2.05, 4.69) is 60.3 Å². The molecule has 1 aliphatic rings. The van der Waals surface area contributed by atoms with Gasteiger partial charge in [-0.1, -0.05) is 49.4 Å². The molecule has 4 rings (SSSR count). The van der Waals surface area contributed by atoms with Crippen molar-refractivity contribution >= 4 is 11.7 Å². The van der Waals surface area contributed by atoms with Crippen LogP contribution in [0.4, 0.5) is 10.5 Å². The van der Waals surface area contributed by atoms with Gasteiger partial charge in [-0.05, 0) is 48.2 Å². The molecule has 1 N–H and O–H groups in total.